The van der Waals surface area contributed by atoms with E-state index in [4.69, 9.17) is 13.3 Å². The molecular formula is C25H17FN4O4S. The summed E-state index contributed by atoms with van der Waals surface area (Å²) in [5.41, 5.74) is 2.01. The predicted molar refractivity (Wildman–Crippen MR) is 126 cm³/mol. The molecule has 0 fully saturated rings. The highest BCUT2D eigenvalue weighted by molar-refractivity contribution is 7.99. The smallest absolute Gasteiger partial charge is 0.277 e. The van der Waals surface area contributed by atoms with Crippen LogP contribution in [0.25, 0.3) is 22.4 Å². The van der Waals surface area contributed by atoms with E-state index in [1.807, 2.05) is 36.4 Å². The number of thioether (sulfide) groups is 1. The number of carbonyl (C=O) groups is 1. The summed E-state index contributed by atoms with van der Waals surface area (Å²) in [7, 11) is 0. The molecule has 1 amide bonds. The SMILES string of the molecule is O=C(CSc1nnc(-c2ccc(F)cc2)o1)N1N=C(c2cc3ccccc3o2)CC1c1ccco1. The fourth-order valence-corrected chi connectivity index (χ4v) is 4.50. The van der Waals surface area contributed by atoms with E-state index >= 15 is 0 Å². The minimum Gasteiger partial charge on any atom is -0.467 e. The second-order valence-corrected chi connectivity index (χ2v) is 8.76. The lowest BCUT2D eigenvalue weighted by Gasteiger charge is -2.19. The number of hydrazone groups is 1. The Balaban J connectivity index is 1.21. The van der Waals surface area contributed by atoms with Gasteiger partial charge in [0.05, 0.1) is 12.0 Å². The lowest BCUT2D eigenvalue weighted by Crippen LogP contribution is -2.28. The number of hydrogen-bond donors (Lipinski definition) is 0. The van der Waals surface area contributed by atoms with Crippen LogP contribution < -0.4 is 0 Å². The second kappa shape index (κ2) is 8.88. The van der Waals surface area contributed by atoms with E-state index in [0.717, 1.165) is 22.7 Å². The fraction of sp³-hybridized carbons (Fsp3) is 0.120. The molecule has 0 saturated carbocycles. The number of amides is 1. The minimum absolute atomic E-state index is 0.0270. The molecule has 0 N–H and O–H groups in total. The minimum atomic E-state index is -0.390. The van der Waals surface area contributed by atoms with E-state index in [-0.39, 0.29) is 28.6 Å². The lowest BCUT2D eigenvalue weighted by atomic mass is 10.1. The number of carbonyl (C=O) groups excluding carboxylic acids is 1. The van der Waals surface area contributed by atoms with Crippen LogP contribution in [0.15, 0.2) is 96.6 Å². The van der Waals surface area contributed by atoms with Gasteiger partial charge in [0.15, 0.2) is 5.76 Å². The molecule has 10 heteroatoms. The van der Waals surface area contributed by atoms with E-state index in [1.165, 1.54) is 17.1 Å². The maximum absolute atomic E-state index is 13.2. The summed E-state index contributed by atoms with van der Waals surface area (Å²) < 4.78 is 30.3. The van der Waals surface area contributed by atoms with Gasteiger partial charge in [-0.15, -0.1) is 10.2 Å². The first-order chi connectivity index (χ1) is 17.1. The molecule has 1 atom stereocenters. The maximum Gasteiger partial charge on any atom is 0.277 e. The van der Waals surface area contributed by atoms with Crippen LogP contribution >= 0.6 is 11.8 Å². The summed E-state index contributed by atoms with van der Waals surface area (Å²) in [5.74, 6) is 0.928. The van der Waals surface area contributed by atoms with Crippen molar-refractivity contribution in [1.29, 1.82) is 0 Å². The van der Waals surface area contributed by atoms with Gasteiger partial charge in [-0.2, -0.15) is 5.10 Å². The molecular weight excluding hydrogens is 471 g/mol. The van der Waals surface area contributed by atoms with Crippen molar-refractivity contribution in [3.05, 3.63) is 90.3 Å². The van der Waals surface area contributed by atoms with Gasteiger partial charge in [-0.3, -0.25) is 4.79 Å². The number of benzene rings is 2. The van der Waals surface area contributed by atoms with Gasteiger partial charge < -0.3 is 13.3 Å². The van der Waals surface area contributed by atoms with Crippen molar-refractivity contribution in [1.82, 2.24) is 15.2 Å². The van der Waals surface area contributed by atoms with Gasteiger partial charge in [0.1, 0.15) is 28.9 Å². The molecule has 3 aromatic heterocycles. The van der Waals surface area contributed by atoms with Crippen molar-refractivity contribution in [2.45, 2.75) is 17.7 Å². The third kappa shape index (κ3) is 4.24. The van der Waals surface area contributed by atoms with E-state index in [2.05, 4.69) is 15.3 Å². The Bertz CT molecular complexity index is 1490. The highest BCUT2D eigenvalue weighted by Crippen LogP contribution is 2.35. The molecule has 0 aliphatic carbocycles. The first-order valence-corrected chi connectivity index (χ1v) is 11.8. The summed E-state index contributed by atoms with van der Waals surface area (Å²) in [4.78, 5) is 13.2. The Morgan fingerprint density at radius 1 is 1.06 bits per heavy atom. The van der Waals surface area contributed by atoms with Gasteiger partial charge in [-0.1, -0.05) is 30.0 Å². The molecule has 35 heavy (non-hydrogen) atoms. The molecule has 6 rings (SSSR count). The number of fused-ring (bicyclic) bond motifs is 1. The normalized spacial score (nSPS) is 15.6. The highest BCUT2D eigenvalue weighted by atomic mass is 32.2. The quantitative estimate of drug-likeness (QED) is 0.283. The summed E-state index contributed by atoms with van der Waals surface area (Å²) in [5, 5.41) is 15.2. The van der Waals surface area contributed by atoms with Crippen molar-refractivity contribution in [2.75, 3.05) is 5.75 Å². The molecule has 0 spiro atoms. The number of nitrogens with zero attached hydrogens (tertiary/aromatic N) is 4. The Kier molecular flexibility index (Phi) is 5.42. The number of para-hydroxylation sites is 1. The summed E-state index contributed by atoms with van der Waals surface area (Å²) in [6, 6.07) is 18.6. The van der Waals surface area contributed by atoms with Gasteiger partial charge in [0, 0.05) is 17.4 Å². The maximum atomic E-state index is 13.2. The van der Waals surface area contributed by atoms with E-state index < -0.39 is 6.04 Å². The Labute approximate surface area is 202 Å². The molecule has 174 valence electrons. The van der Waals surface area contributed by atoms with Gasteiger partial charge in [0.25, 0.3) is 11.1 Å². The molecule has 2 aromatic carbocycles. The molecule has 1 unspecified atom stereocenters. The Hall–Kier alpha value is -4.18. The third-order valence-corrected chi connectivity index (χ3v) is 6.37. The fourth-order valence-electron chi connectivity index (χ4n) is 3.88. The molecule has 5 aromatic rings. The van der Waals surface area contributed by atoms with Gasteiger partial charge in [-0.25, -0.2) is 9.40 Å². The number of aromatic nitrogens is 2. The van der Waals surface area contributed by atoms with E-state index in [0.29, 0.717) is 29.2 Å². The monoisotopic (exact) mass is 488 g/mol. The van der Waals surface area contributed by atoms with Crippen LogP contribution in [-0.2, 0) is 4.79 Å². The predicted octanol–water partition coefficient (Wildman–Crippen LogP) is 5.68. The molecule has 8 nitrogen and oxygen atoms in total. The van der Waals surface area contributed by atoms with Crippen LogP contribution in [0.2, 0.25) is 0 Å². The van der Waals surface area contributed by atoms with Gasteiger partial charge in [-0.05, 0) is 48.5 Å². The van der Waals surface area contributed by atoms with Crippen molar-refractivity contribution in [2.24, 2.45) is 5.10 Å². The molecule has 1 aliphatic rings. The zero-order valence-corrected chi connectivity index (χ0v) is 18.9. The first-order valence-electron chi connectivity index (χ1n) is 10.8. The zero-order chi connectivity index (χ0) is 23.8. The molecule has 1 aliphatic heterocycles. The van der Waals surface area contributed by atoms with Gasteiger partial charge in [0.2, 0.25) is 5.89 Å². The number of hydrogen-bond acceptors (Lipinski definition) is 8. The van der Waals surface area contributed by atoms with Crippen LogP contribution in [0.1, 0.15) is 24.0 Å². The molecule has 0 bridgehead atoms. The number of halogens is 1. The van der Waals surface area contributed by atoms with Crippen LogP contribution in [0, 0.1) is 5.82 Å². The Morgan fingerprint density at radius 2 is 1.91 bits per heavy atom. The van der Waals surface area contributed by atoms with Gasteiger partial charge >= 0.3 is 0 Å². The molecule has 0 saturated heterocycles. The van der Waals surface area contributed by atoms with E-state index in [9.17, 15) is 9.18 Å². The lowest BCUT2D eigenvalue weighted by molar-refractivity contribution is -0.130. The topological polar surface area (TPSA) is 97.9 Å². The van der Waals surface area contributed by atoms with Crippen LogP contribution in [0.4, 0.5) is 4.39 Å². The van der Waals surface area contributed by atoms with Crippen molar-refractivity contribution < 1.29 is 22.4 Å². The van der Waals surface area contributed by atoms with Crippen LogP contribution in [-0.4, -0.2) is 32.6 Å². The zero-order valence-electron chi connectivity index (χ0n) is 18.1. The summed E-state index contributed by atoms with van der Waals surface area (Å²) >= 11 is 1.11. The standard InChI is InChI=1S/C25H17FN4O4S/c26-17-9-7-15(8-10-17)24-27-28-25(34-24)35-14-23(31)30-19(21-6-3-11-32-21)13-18(29-30)22-12-16-4-1-2-5-20(16)33-22/h1-12,19H,13-14H2. The highest BCUT2D eigenvalue weighted by Gasteiger charge is 2.36. The van der Waals surface area contributed by atoms with Crippen molar-refractivity contribution >= 4 is 34.3 Å². The average molecular weight is 489 g/mol. The summed E-state index contributed by atoms with van der Waals surface area (Å²) in [6.07, 6.45) is 2.03. The Morgan fingerprint density at radius 3 is 2.71 bits per heavy atom. The van der Waals surface area contributed by atoms with Crippen molar-refractivity contribution in [3.8, 4) is 11.5 Å². The van der Waals surface area contributed by atoms with Crippen molar-refractivity contribution in [3.63, 3.8) is 0 Å². The van der Waals surface area contributed by atoms with E-state index in [1.54, 1.807) is 24.5 Å². The van der Waals surface area contributed by atoms with Crippen LogP contribution in [0.5, 0.6) is 0 Å². The third-order valence-electron chi connectivity index (χ3n) is 5.56. The average Bonchev–Trinajstić information content (AvgIpc) is 3.67. The van der Waals surface area contributed by atoms with Crippen LogP contribution in [0.3, 0.4) is 0 Å². The first kappa shape index (κ1) is 21.4. The molecule has 4 heterocycles. The summed E-state index contributed by atoms with van der Waals surface area (Å²) in [6.45, 7) is 0. The number of furan rings is 2. The number of rotatable bonds is 6. The largest absolute Gasteiger partial charge is 0.467 e. The molecule has 0 radical (unpaired) electrons. The second-order valence-electron chi connectivity index (χ2n) is 7.84.